The van der Waals surface area contributed by atoms with Crippen molar-refractivity contribution in [2.24, 2.45) is 5.92 Å². The molecule has 3 atom stereocenters. The van der Waals surface area contributed by atoms with Gasteiger partial charge in [-0.05, 0) is 44.9 Å². The minimum Gasteiger partial charge on any atom is -0.462 e. The highest BCUT2D eigenvalue weighted by Gasteiger charge is 2.33. The number of carbonyl (C=O) groups excluding carboxylic acids is 4. The van der Waals surface area contributed by atoms with E-state index in [4.69, 9.17) is 14.2 Å². The number of aliphatic hydroxyl groups excluding tert-OH is 1. The Morgan fingerprint density at radius 3 is 2.35 bits per heavy atom. The summed E-state index contributed by atoms with van der Waals surface area (Å²) in [5, 5.41) is 11.8. The Morgan fingerprint density at radius 2 is 1.67 bits per heavy atom. The molecule has 2 rings (SSSR count). The van der Waals surface area contributed by atoms with Gasteiger partial charge in [-0.15, -0.1) is 0 Å². The zero-order valence-electron chi connectivity index (χ0n) is 29.3. The van der Waals surface area contributed by atoms with Gasteiger partial charge in [0.05, 0.1) is 25.7 Å². The number of rotatable bonds is 21. The zero-order chi connectivity index (χ0) is 35.3. The van der Waals surface area contributed by atoms with Gasteiger partial charge in [0.25, 0.3) is 5.91 Å². The fourth-order valence-corrected chi connectivity index (χ4v) is 5.79. The van der Waals surface area contributed by atoms with Crippen LogP contribution >= 0.6 is 0 Å². The Balaban J connectivity index is 1.55. The maximum absolute atomic E-state index is 15.1. The number of hydrogen-bond donors (Lipinski definition) is 2. The van der Waals surface area contributed by atoms with Crippen molar-refractivity contribution in [3.8, 4) is 0 Å². The van der Waals surface area contributed by atoms with Crippen LogP contribution < -0.4 is 5.32 Å². The van der Waals surface area contributed by atoms with Crippen molar-refractivity contribution in [1.29, 1.82) is 0 Å². The first-order valence-corrected chi connectivity index (χ1v) is 17.7. The Morgan fingerprint density at radius 1 is 1.00 bits per heavy atom. The molecule has 0 aromatic heterocycles. The van der Waals surface area contributed by atoms with E-state index in [9.17, 15) is 24.3 Å². The van der Waals surface area contributed by atoms with Gasteiger partial charge in [-0.2, -0.15) is 0 Å². The number of unbranched alkanes of at least 4 members (excludes halogenated alkanes) is 3. The lowest BCUT2D eigenvalue weighted by molar-refractivity contribution is -0.157. The molecule has 0 aromatic rings. The molecule has 3 amide bonds. The van der Waals surface area contributed by atoms with Gasteiger partial charge in [-0.25, -0.2) is 9.18 Å². The summed E-state index contributed by atoms with van der Waals surface area (Å²) in [7, 11) is 3.47. The van der Waals surface area contributed by atoms with Crippen LogP contribution in [0.3, 0.4) is 0 Å². The van der Waals surface area contributed by atoms with Crippen LogP contribution in [0.2, 0.25) is 0 Å². The molecule has 1 heterocycles. The van der Waals surface area contributed by atoms with E-state index in [1.54, 1.807) is 30.8 Å². The highest BCUT2D eigenvalue weighted by Crippen LogP contribution is 2.26. The van der Waals surface area contributed by atoms with Crippen molar-refractivity contribution in [2.75, 3.05) is 47.0 Å². The number of esters is 1. The molecule has 1 saturated carbocycles. The minimum atomic E-state index is -1.84. The van der Waals surface area contributed by atoms with Crippen LogP contribution in [0.1, 0.15) is 103 Å². The summed E-state index contributed by atoms with van der Waals surface area (Å²) in [4.78, 5) is 53.1. The number of aliphatic hydroxyl groups is 1. The average Bonchev–Trinajstić information content (AvgIpc) is 3.05. The van der Waals surface area contributed by atoms with Gasteiger partial charge in [0.2, 0.25) is 5.91 Å². The lowest BCUT2D eigenvalue weighted by Crippen LogP contribution is -2.49. The quantitative estimate of drug-likeness (QED) is 0.126. The average molecular weight is 683 g/mol. The number of alkyl halides is 1. The smallest absolute Gasteiger partial charge is 0.409 e. The summed E-state index contributed by atoms with van der Waals surface area (Å²) in [6.07, 6.45) is 12.9. The first-order chi connectivity index (χ1) is 23.0. The molecule has 2 aliphatic rings. The van der Waals surface area contributed by atoms with E-state index in [2.05, 4.69) is 11.9 Å². The van der Waals surface area contributed by atoms with Gasteiger partial charge in [-0.1, -0.05) is 57.9 Å². The third kappa shape index (κ3) is 16.3. The molecule has 2 N–H and O–H groups in total. The van der Waals surface area contributed by atoms with E-state index >= 15 is 4.39 Å². The molecule has 48 heavy (non-hydrogen) atoms. The van der Waals surface area contributed by atoms with Crippen LogP contribution in [-0.4, -0.2) is 109 Å². The van der Waals surface area contributed by atoms with E-state index in [1.165, 1.54) is 68.5 Å². The summed E-state index contributed by atoms with van der Waals surface area (Å²) in [6, 6.07) is 0. The number of ether oxygens (including phenoxy) is 3. The second kappa shape index (κ2) is 23.2. The second-order valence-electron chi connectivity index (χ2n) is 13.0. The summed E-state index contributed by atoms with van der Waals surface area (Å²) in [5.41, 5.74) is 0. The third-order valence-corrected chi connectivity index (χ3v) is 8.81. The number of nitrogens with zero attached hydrogens (tertiary/aromatic N) is 3. The van der Waals surface area contributed by atoms with Crippen LogP contribution in [0.25, 0.3) is 0 Å². The molecule has 0 bridgehead atoms. The topological polar surface area (TPSA) is 138 Å². The summed E-state index contributed by atoms with van der Waals surface area (Å²) < 4.78 is 31.2. The highest BCUT2D eigenvalue weighted by molar-refractivity contribution is 5.89. The number of hydrogen-bond acceptors (Lipinski definition) is 9. The van der Waals surface area contributed by atoms with Gasteiger partial charge >= 0.3 is 12.1 Å². The molecule has 3 unspecified atom stereocenters. The number of amides is 3. The summed E-state index contributed by atoms with van der Waals surface area (Å²) in [5.74, 6) is -0.513. The van der Waals surface area contributed by atoms with Crippen molar-refractivity contribution >= 4 is 23.9 Å². The maximum Gasteiger partial charge on any atom is 0.409 e. The molecule has 1 aliphatic heterocycles. The largest absolute Gasteiger partial charge is 0.462 e. The van der Waals surface area contributed by atoms with Gasteiger partial charge in [-0.3, -0.25) is 14.4 Å². The fraction of sp³-hybridized carbons (Fsp3) is 0.771. The maximum atomic E-state index is 15.1. The van der Waals surface area contributed by atoms with Crippen molar-refractivity contribution < 1.29 is 42.9 Å². The molecule has 13 heteroatoms. The fourth-order valence-electron chi connectivity index (χ4n) is 5.79. The van der Waals surface area contributed by atoms with Crippen molar-refractivity contribution in [1.82, 2.24) is 20.0 Å². The van der Waals surface area contributed by atoms with E-state index in [-0.39, 0.29) is 37.3 Å². The molecule has 1 aliphatic carbocycles. The standard InChI is InChI=1S/C35H59FN4O8/c1-27(25-41)48-34(40-23-20-31(42)37-28(40)2)30(36)26-47-33(44)19-18-32(43)38(3)21-12-8-9-13-24-46-35(45)39(4)22-14-17-29-15-10-6-5-7-11-16-29/h20,23,27,29-30,34,41H,2,5-19,21-22,24-26H2,1,3-4H3,(H,37,42). The Labute approximate surface area is 286 Å². The number of carbonyl (C=O) groups is 4. The predicted octanol–water partition coefficient (Wildman–Crippen LogP) is 5.02. The Bertz CT molecular complexity index is 1040. The van der Waals surface area contributed by atoms with Crippen LogP contribution in [0.4, 0.5) is 9.18 Å². The van der Waals surface area contributed by atoms with E-state index in [0.717, 1.165) is 44.6 Å². The SMILES string of the molecule is C=C1NC(=O)C=CN1C(OC(C)CO)C(F)COC(=O)CCC(=O)N(C)CCCCCCOC(=O)N(C)CCCC1CCCCCCC1. The normalized spacial score (nSPS) is 17.5. The molecular weight excluding hydrogens is 623 g/mol. The molecule has 0 aromatic carbocycles. The van der Waals surface area contributed by atoms with Crippen molar-refractivity contribution in [2.45, 2.75) is 122 Å². The summed E-state index contributed by atoms with van der Waals surface area (Å²) >= 11 is 0. The zero-order valence-corrected chi connectivity index (χ0v) is 29.3. The Kier molecular flexibility index (Phi) is 19.8. The van der Waals surface area contributed by atoms with Gasteiger partial charge in [0.1, 0.15) is 12.4 Å². The van der Waals surface area contributed by atoms with Crippen LogP contribution in [0.5, 0.6) is 0 Å². The van der Waals surface area contributed by atoms with E-state index < -0.39 is 37.0 Å². The molecule has 0 radical (unpaired) electrons. The van der Waals surface area contributed by atoms with Crippen LogP contribution in [-0.2, 0) is 28.6 Å². The van der Waals surface area contributed by atoms with Crippen LogP contribution in [0, 0.1) is 5.92 Å². The molecular formula is C35H59FN4O8. The monoisotopic (exact) mass is 682 g/mol. The van der Waals surface area contributed by atoms with Gasteiger partial charge in [0.15, 0.2) is 12.4 Å². The predicted molar refractivity (Wildman–Crippen MR) is 180 cm³/mol. The first kappa shape index (κ1) is 41.0. The second-order valence-corrected chi connectivity index (χ2v) is 13.0. The van der Waals surface area contributed by atoms with E-state index in [1.807, 2.05) is 0 Å². The number of halogens is 1. The van der Waals surface area contributed by atoms with Gasteiger partial charge < -0.3 is 39.3 Å². The lowest BCUT2D eigenvalue weighted by Gasteiger charge is -2.36. The van der Waals surface area contributed by atoms with E-state index in [0.29, 0.717) is 13.2 Å². The van der Waals surface area contributed by atoms with Gasteiger partial charge in [0, 0.05) is 45.9 Å². The Hall–Kier alpha value is -3.19. The molecule has 0 spiro atoms. The van der Waals surface area contributed by atoms with Crippen molar-refractivity contribution in [3.05, 3.63) is 24.7 Å². The van der Waals surface area contributed by atoms with Crippen LogP contribution in [0.15, 0.2) is 24.7 Å². The van der Waals surface area contributed by atoms with Crippen molar-refractivity contribution in [3.63, 3.8) is 0 Å². The molecule has 0 saturated heterocycles. The minimum absolute atomic E-state index is 0.0738. The lowest BCUT2D eigenvalue weighted by atomic mass is 9.88. The molecule has 1 fully saturated rings. The third-order valence-electron chi connectivity index (χ3n) is 8.81. The first-order valence-electron chi connectivity index (χ1n) is 17.7. The molecule has 12 nitrogen and oxygen atoms in total. The number of nitrogens with one attached hydrogen (secondary N) is 1. The summed E-state index contributed by atoms with van der Waals surface area (Å²) in [6.45, 7) is 5.82. The molecule has 274 valence electrons. The highest BCUT2D eigenvalue weighted by atomic mass is 19.1.